The van der Waals surface area contributed by atoms with Gasteiger partial charge in [0.25, 0.3) is 0 Å². The van der Waals surface area contributed by atoms with Crippen LogP contribution in [0.15, 0.2) is 54.6 Å². The average Bonchev–Trinajstić information content (AvgIpc) is 2.61. The highest BCUT2D eigenvalue weighted by Gasteiger charge is 2.13. The SMILES string of the molecule is CCCC(=O)OCc1ccccc1.O=C(O)c1ccccc1C(=O)O. The molecular formula is C19H20O6. The van der Waals surface area contributed by atoms with Crippen LogP contribution in [0.3, 0.4) is 0 Å². The normalized spacial score (nSPS) is 9.48. The Kier molecular flexibility index (Phi) is 8.43. The molecule has 2 rings (SSSR count). The van der Waals surface area contributed by atoms with Crippen molar-refractivity contribution < 1.29 is 29.3 Å². The Morgan fingerprint density at radius 2 is 1.32 bits per heavy atom. The number of carbonyl (C=O) groups is 3. The number of carboxylic acid groups (broad SMARTS) is 2. The van der Waals surface area contributed by atoms with Gasteiger partial charge < -0.3 is 14.9 Å². The molecule has 0 aliphatic carbocycles. The van der Waals surface area contributed by atoms with Crippen molar-refractivity contribution in [3.8, 4) is 0 Å². The Balaban J connectivity index is 0.000000251. The second-order valence-corrected chi connectivity index (χ2v) is 5.05. The topological polar surface area (TPSA) is 101 Å². The summed E-state index contributed by atoms with van der Waals surface area (Å²) in [5, 5.41) is 17.1. The van der Waals surface area contributed by atoms with Gasteiger partial charge in [0, 0.05) is 6.42 Å². The Hall–Kier alpha value is -3.15. The molecule has 6 nitrogen and oxygen atoms in total. The largest absolute Gasteiger partial charge is 0.478 e. The maximum atomic E-state index is 11.0. The summed E-state index contributed by atoms with van der Waals surface area (Å²) in [6.07, 6.45) is 1.35. The van der Waals surface area contributed by atoms with Gasteiger partial charge in [-0.2, -0.15) is 0 Å². The van der Waals surface area contributed by atoms with Gasteiger partial charge in [0.15, 0.2) is 0 Å². The van der Waals surface area contributed by atoms with E-state index in [9.17, 15) is 14.4 Å². The summed E-state index contributed by atoms with van der Waals surface area (Å²) < 4.78 is 5.03. The van der Waals surface area contributed by atoms with E-state index in [1.165, 1.54) is 24.3 Å². The lowest BCUT2D eigenvalue weighted by atomic mass is 10.1. The van der Waals surface area contributed by atoms with Crippen molar-refractivity contribution in [1.29, 1.82) is 0 Å². The van der Waals surface area contributed by atoms with Gasteiger partial charge in [-0.3, -0.25) is 4.79 Å². The molecule has 0 saturated heterocycles. The lowest BCUT2D eigenvalue weighted by Gasteiger charge is -2.02. The van der Waals surface area contributed by atoms with Gasteiger partial charge in [-0.1, -0.05) is 49.4 Å². The fourth-order valence-electron chi connectivity index (χ4n) is 1.87. The van der Waals surface area contributed by atoms with Crippen LogP contribution in [0.25, 0.3) is 0 Å². The molecular weight excluding hydrogens is 324 g/mol. The highest BCUT2D eigenvalue weighted by atomic mass is 16.5. The van der Waals surface area contributed by atoms with E-state index in [1.807, 2.05) is 37.3 Å². The van der Waals surface area contributed by atoms with Gasteiger partial charge in [0.1, 0.15) is 6.61 Å². The molecule has 0 aliphatic rings. The molecule has 6 heteroatoms. The minimum atomic E-state index is -1.23. The Morgan fingerprint density at radius 3 is 1.76 bits per heavy atom. The van der Waals surface area contributed by atoms with Crippen LogP contribution in [0.5, 0.6) is 0 Å². The van der Waals surface area contributed by atoms with Crippen LogP contribution in [0.1, 0.15) is 46.0 Å². The molecule has 0 spiro atoms. The number of aromatic carboxylic acids is 2. The first-order valence-electron chi connectivity index (χ1n) is 7.70. The number of carbonyl (C=O) groups excluding carboxylic acids is 1. The molecule has 2 N–H and O–H groups in total. The van der Waals surface area contributed by atoms with Crippen LogP contribution in [-0.4, -0.2) is 28.1 Å². The van der Waals surface area contributed by atoms with E-state index in [-0.39, 0.29) is 17.1 Å². The number of benzene rings is 2. The van der Waals surface area contributed by atoms with E-state index in [4.69, 9.17) is 14.9 Å². The lowest BCUT2D eigenvalue weighted by molar-refractivity contribution is -0.145. The van der Waals surface area contributed by atoms with Crippen molar-refractivity contribution in [2.24, 2.45) is 0 Å². The number of carboxylic acids is 2. The standard InChI is InChI=1S/C11H14O2.C8H6O4/c1-2-6-11(12)13-9-10-7-4-3-5-8-10;9-7(10)5-3-1-2-4-6(5)8(11)12/h3-5,7-8H,2,6,9H2,1H3;1-4H,(H,9,10)(H,11,12). The van der Waals surface area contributed by atoms with Crippen LogP contribution >= 0.6 is 0 Å². The zero-order chi connectivity index (χ0) is 18.7. The summed E-state index contributed by atoms with van der Waals surface area (Å²) in [4.78, 5) is 31.9. The molecule has 0 unspecified atom stereocenters. The van der Waals surface area contributed by atoms with Gasteiger partial charge >= 0.3 is 17.9 Å². The third kappa shape index (κ3) is 7.30. The van der Waals surface area contributed by atoms with E-state index >= 15 is 0 Å². The first-order chi connectivity index (χ1) is 12.0. The predicted octanol–water partition coefficient (Wildman–Crippen LogP) is 3.61. The van der Waals surface area contributed by atoms with E-state index in [2.05, 4.69) is 0 Å². The molecule has 0 heterocycles. The summed E-state index contributed by atoms with van der Waals surface area (Å²) in [6.45, 7) is 2.35. The fourth-order valence-corrected chi connectivity index (χ4v) is 1.87. The molecule has 0 radical (unpaired) electrons. The molecule has 0 aliphatic heterocycles. The van der Waals surface area contributed by atoms with Crippen LogP contribution in [-0.2, 0) is 16.1 Å². The third-order valence-corrected chi connectivity index (χ3v) is 3.08. The highest BCUT2D eigenvalue weighted by molar-refractivity contribution is 6.01. The van der Waals surface area contributed by atoms with Gasteiger partial charge in [-0.15, -0.1) is 0 Å². The number of hydrogen-bond acceptors (Lipinski definition) is 4. The lowest BCUT2D eigenvalue weighted by Crippen LogP contribution is -2.06. The van der Waals surface area contributed by atoms with E-state index in [0.717, 1.165) is 12.0 Å². The second-order valence-electron chi connectivity index (χ2n) is 5.05. The van der Waals surface area contributed by atoms with Crippen LogP contribution in [0.4, 0.5) is 0 Å². The van der Waals surface area contributed by atoms with Gasteiger partial charge in [-0.25, -0.2) is 9.59 Å². The van der Waals surface area contributed by atoms with Crippen molar-refractivity contribution in [3.63, 3.8) is 0 Å². The Labute approximate surface area is 145 Å². The van der Waals surface area contributed by atoms with Crippen LogP contribution in [0.2, 0.25) is 0 Å². The minimum Gasteiger partial charge on any atom is -0.478 e. The number of hydrogen-bond donors (Lipinski definition) is 2. The van der Waals surface area contributed by atoms with Gasteiger partial charge in [0.05, 0.1) is 11.1 Å². The fraction of sp³-hybridized carbons (Fsp3) is 0.211. The maximum absolute atomic E-state index is 11.0. The van der Waals surface area contributed by atoms with Crippen molar-refractivity contribution in [3.05, 3.63) is 71.3 Å². The molecule has 25 heavy (non-hydrogen) atoms. The zero-order valence-electron chi connectivity index (χ0n) is 13.8. The van der Waals surface area contributed by atoms with Gasteiger partial charge in [-0.05, 0) is 24.1 Å². The number of rotatable bonds is 6. The molecule has 0 atom stereocenters. The summed E-state index contributed by atoms with van der Waals surface area (Å²) in [5.74, 6) is -2.58. The van der Waals surface area contributed by atoms with Crippen LogP contribution < -0.4 is 0 Å². The Bertz CT molecular complexity index is 676. The average molecular weight is 344 g/mol. The predicted molar refractivity (Wildman–Crippen MR) is 91.5 cm³/mol. The first-order valence-corrected chi connectivity index (χ1v) is 7.70. The zero-order valence-corrected chi connectivity index (χ0v) is 13.8. The summed E-state index contributed by atoms with van der Waals surface area (Å²) >= 11 is 0. The van der Waals surface area contributed by atoms with Crippen molar-refractivity contribution in [2.45, 2.75) is 26.4 Å². The molecule has 0 fully saturated rings. The monoisotopic (exact) mass is 344 g/mol. The summed E-state index contributed by atoms with van der Waals surface area (Å²) in [5.41, 5.74) is 0.655. The van der Waals surface area contributed by atoms with Crippen molar-refractivity contribution in [2.75, 3.05) is 0 Å². The summed E-state index contributed by atoms with van der Waals surface area (Å²) in [6, 6.07) is 15.2. The maximum Gasteiger partial charge on any atom is 0.336 e. The van der Waals surface area contributed by atoms with Crippen molar-refractivity contribution in [1.82, 2.24) is 0 Å². The molecule has 132 valence electrons. The number of esters is 1. The molecule has 0 amide bonds. The molecule has 0 bridgehead atoms. The highest BCUT2D eigenvalue weighted by Crippen LogP contribution is 2.07. The van der Waals surface area contributed by atoms with Crippen molar-refractivity contribution >= 4 is 17.9 Å². The smallest absolute Gasteiger partial charge is 0.336 e. The second kappa shape index (κ2) is 10.6. The van der Waals surface area contributed by atoms with E-state index < -0.39 is 11.9 Å². The van der Waals surface area contributed by atoms with E-state index in [1.54, 1.807) is 0 Å². The summed E-state index contributed by atoms with van der Waals surface area (Å²) in [7, 11) is 0. The molecule has 0 aromatic heterocycles. The Morgan fingerprint density at radius 1 is 0.840 bits per heavy atom. The van der Waals surface area contributed by atoms with Crippen LogP contribution in [0, 0.1) is 0 Å². The number of ether oxygens (including phenoxy) is 1. The first kappa shape index (κ1) is 19.9. The van der Waals surface area contributed by atoms with Gasteiger partial charge in [0.2, 0.25) is 0 Å². The molecule has 0 saturated carbocycles. The van der Waals surface area contributed by atoms with E-state index in [0.29, 0.717) is 13.0 Å². The molecule has 2 aromatic rings. The molecule has 2 aromatic carbocycles. The quantitative estimate of drug-likeness (QED) is 0.776. The third-order valence-electron chi connectivity index (χ3n) is 3.08. The minimum absolute atomic E-state index is 0.119.